The van der Waals surface area contributed by atoms with Crippen LogP contribution in [-0.4, -0.2) is 60.0 Å². The molecule has 1 aromatic carbocycles. The Labute approximate surface area is 177 Å². The van der Waals surface area contributed by atoms with Crippen molar-refractivity contribution in [2.24, 2.45) is 17.8 Å². The van der Waals surface area contributed by atoms with E-state index in [1.54, 1.807) is 6.92 Å². The van der Waals surface area contributed by atoms with Crippen molar-refractivity contribution in [2.45, 2.75) is 46.0 Å². The van der Waals surface area contributed by atoms with Crippen LogP contribution in [0.3, 0.4) is 0 Å². The first kappa shape index (κ1) is 24.0. The zero-order valence-corrected chi connectivity index (χ0v) is 18.3. The van der Waals surface area contributed by atoms with Gasteiger partial charge >= 0.3 is 0 Å². The normalized spacial score (nSPS) is 17.9. The molecule has 3 atom stereocenters. The van der Waals surface area contributed by atoms with Crippen molar-refractivity contribution in [1.29, 1.82) is 0 Å². The Morgan fingerprint density at radius 2 is 1.90 bits per heavy atom. The number of phenols is 1. The summed E-state index contributed by atoms with van der Waals surface area (Å²) >= 11 is 0. The summed E-state index contributed by atoms with van der Waals surface area (Å²) in [5, 5.41) is 29.8. The number of aliphatic hydroxyl groups excluding tert-OH is 2. The third kappa shape index (κ3) is 5.26. The largest absolute Gasteiger partial charge is 0.507 e. The maximum atomic E-state index is 12.9. The van der Waals surface area contributed by atoms with Crippen molar-refractivity contribution in [1.82, 2.24) is 0 Å². The van der Waals surface area contributed by atoms with Gasteiger partial charge in [0.15, 0.2) is 5.78 Å². The van der Waals surface area contributed by atoms with E-state index in [1.807, 2.05) is 25.1 Å². The number of rotatable bonds is 10. The van der Waals surface area contributed by atoms with Crippen LogP contribution >= 0.6 is 0 Å². The number of carbonyl (C=O) groups is 3. The summed E-state index contributed by atoms with van der Waals surface area (Å²) in [5.41, 5.74) is 2.70. The summed E-state index contributed by atoms with van der Waals surface area (Å²) in [6, 6.07) is 1.86. The summed E-state index contributed by atoms with van der Waals surface area (Å²) < 4.78 is 0. The van der Waals surface area contributed by atoms with Crippen LogP contribution in [0.4, 0.5) is 5.69 Å². The summed E-state index contributed by atoms with van der Waals surface area (Å²) in [5.74, 6) is -1.84. The lowest BCUT2D eigenvalue weighted by Crippen LogP contribution is -2.33. The van der Waals surface area contributed by atoms with E-state index in [4.69, 9.17) is 0 Å². The van der Waals surface area contributed by atoms with Crippen molar-refractivity contribution in [2.75, 3.05) is 32.2 Å². The number of nitrogens with zero attached hydrogens (tertiary/aromatic N) is 1. The summed E-state index contributed by atoms with van der Waals surface area (Å²) in [6.45, 7) is 2.57. The molecule has 0 radical (unpaired) electrons. The lowest BCUT2D eigenvalue weighted by atomic mass is 9.73. The number of aromatic hydroxyl groups is 1. The van der Waals surface area contributed by atoms with Crippen LogP contribution in [0.2, 0.25) is 0 Å². The van der Waals surface area contributed by atoms with E-state index >= 15 is 0 Å². The molecule has 0 fully saturated rings. The molecule has 2 rings (SSSR count). The van der Waals surface area contributed by atoms with Crippen LogP contribution in [0.1, 0.15) is 54.1 Å². The van der Waals surface area contributed by atoms with Gasteiger partial charge in [-0.15, -0.1) is 0 Å². The summed E-state index contributed by atoms with van der Waals surface area (Å²) in [4.78, 5) is 38.7. The first-order valence-corrected chi connectivity index (χ1v) is 10.4. The van der Waals surface area contributed by atoms with Crippen LogP contribution in [0, 0.1) is 24.7 Å². The maximum Gasteiger partial charge on any atom is 0.167 e. The third-order valence-electron chi connectivity index (χ3n) is 6.04. The predicted molar refractivity (Wildman–Crippen MR) is 114 cm³/mol. The standard InChI is InChI=1S/C23H33NO6/c1-13-7-19(24(3)4)17-10-15(11-21(29)22(17)23(13)30)9-16(5-6-25)18(12-26)20(28)8-14(2)27/h7,15-16,18,25-26,30H,5-6,8-12H2,1-4H3. The number of hydrogen-bond donors (Lipinski definition) is 3. The van der Waals surface area contributed by atoms with E-state index in [1.165, 1.54) is 6.92 Å². The molecule has 0 spiro atoms. The second-order valence-corrected chi connectivity index (χ2v) is 8.65. The minimum absolute atomic E-state index is 0.0239. The molecule has 7 heteroatoms. The van der Waals surface area contributed by atoms with Gasteiger partial charge < -0.3 is 20.2 Å². The van der Waals surface area contributed by atoms with Gasteiger partial charge in [0.1, 0.15) is 17.3 Å². The number of anilines is 1. The summed E-state index contributed by atoms with van der Waals surface area (Å²) in [7, 11) is 3.77. The lowest BCUT2D eigenvalue weighted by Gasteiger charge is -2.33. The average molecular weight is 420 g/mol. The number of benzene rings is 1. The zero-order valence-electron chi connectivity index (χ0n) is 18.3. The lowest BCUT2D eigenvalue weighted by molar-refractivity contribution is -0.131. The van der Waals surface area contributed by atoms with Crippen LogP contribution in [0.5, 0.6) is 5.75 Å². The molecular weight excluding hydrogens is 386 g/mol. The van der Waals surface area contributed by atoms with Gasteiger partial charge in [0.25, 0.3) is 0 Å². The zero-order chi connectivity index (χ0) is 22.6. The molecule has 0 saturated heterocycles. The molecule has 30 heavy (non-hydrogen) atoms. The Bertz CT molecular complexity index is 816. The van der Waals surface area contributed by atoms with Crippen LogP contribution in [0.15, 0.2) is 6.07 Å². The molecule has 0 bridgehead atoms. The minimum Gasteiger partial charge on any atom is -0.507 e. The van der Waals surface area contributed by atoms with Gasteiger partial charge in [-0.05, 0) is 62.1 Å². The van der Waals surface area contributed by atoms with Gasteiger partial charge in [-0.1, -0.05) is 0 Å². The van der Waals surface area contributed by atoms with Crippen LogP contribution in [0.25, 0.3) is 0 Å². The topological polar surface area (TPSA) is 115 Å². The molecule has 3 unspecified atom stereocenters. The van der Waals surface area contributed by atoms with Gasteiger partial charge in [0.05, 0.1) is 18.6 Å². The fraction of sp³-hybridized carbons (Fsp3) is 0.609. The van der Waals surface area contributed by atoms with E-state index in [9.17, 15) is 29.7 Å². The van der Waals surface area contributed by atoms with Crippen molar-refractivity contribution in [3.63, 3.8) is 0 Å². The van der Waals surface area contributed by atoms with Crippen LogP contribution < -0.4 is 4.90 Å². The molecule has 0 saturated carbocycles. The third-order valence-corrected chi connectivity index (χ3v) is 6.04. The fourth-order valence-electron chi connectivity index (χ4n) is 4.59. The van der Waals surface area contributed by atoms with Crippen LogP contribution in [-0.2, 0) is 16.0 Å². The van der Waals surface area contributed by atoms with Gasteiger partial charge in [-0.2, -0.15) is 0 Å². The number of hydrogen-bond acceptors (Lipinski definition) is 7. The minimum atomic E-state index is -0.739. The monoisotopic (exact) mass is 419 g/mol. The fourth-order valence-corrected chi connectivity index (χ4v) is 4.59. The van der Waals surface area contributed by atoms with Gasteiger partial charge in [0.2, 0.25) is 0 Å². The number of ketones is 3. The number of Topliss-reactive ketones (excluding diaryl/α,β-unsaturated/α-hetero) is 3. The highest BCUT2D eigenvalue weighted by Gasteiger charge is 2.35. The number of aryl methyl sites for hydroxylation is 1. The highest BCUT2D eigenvalue weighted by atomic mass is 16.3. The highest BCUT2D eigenvalue weighted by Crippen LogP contribution is 2.42. The molecule has 1 aliphatic carbocycles. The molecule has 3 N–H and O–H groups in total. The SMILES string of the molecule is CC(=O)CC(=O)C(CO)C(CCO)CC1CC(=O)c2c(O)c(C)cc(N(C)C)c2C1. The molecule has 0 amide bonds. The van der Waals surface area contributed by atoms with Crippen molar-refractivity contribution >= 4 is 23.0 Å². The van der Waals surface area contributed by atoms with Crippen molar-refractivity contribution in [3.8, 4) is 5.75 Å². The first-order valence-electron chi connectivity index (χ1n) is 10.4. The van der Waals surface area contributed by atoms with Crippen molar-refractivity contribution < 1.29 is 29.7 Å². The predicted octanol–water partition coefficient (Wildman–Crippen LogP) is 2.06. The Morgan fingerprint density at radius 3 is 2.43 bits per heavy atom. The van der Waals surface area contributed by atoms with E-state index in [-0.39, 0.29) is 54.4 Å². The van der Waals surface area contributed by atoms with Gasteiger partial charge in [0, 0.05) is 38.7 Å². The van der Waals surface area contributed by atoms with Gasteiger partial charge in [-0.3, -0.25) is 14.4 Å². The number of phenolic OH excluding ortho intramolecular Hbond substituents is 1. The van der Waals surface area contributed by atoms with E-state index in [2.05, 4.69) is 0 Å². The molecule has 0 aliphatic heterocycles. The second kappa shape index (κ2) is 10.2. The number of aliphatic hydroxyl groups is 2. The smallest absolute Gasteiger partial charge is 0.167 e. The molecule has 0 aromatic heterocycles. The average Bonchev–Trinajstić information content (AvgIpc) is 2.64. The molecular formula is C23H33NO6. The number of fused-ring (bicyclic) bond motifs is 1. The van der Waals surface area contributed by atoms with E-state index in [0.29, 0.717) is 30.4 Å². The Balaban J connectivity index is 2.33. The maximum absolute atomic E-state index is 12.9. The first-order chi connectivity index (χ1) is 14.1. The molecule has 1 aliphatic rings. The second-order valence-electron chi connectivity index (χ2n) is 8.65. The Hall–Kier alpha value is -2.25. The van der Waals surface area contributed by atoms with Crippen molar-refractivity contribution in [3.05, 3.63) is 22.8 Å². The molecule has 166 valence electrons. The van der Waals surface area contributed by atoms with E-state index < -0.39 is 12.5 Å². The number of carbonyl (C=O) groups excluding carboxylic acids is 3. The molecule has 0 heterocycles. The summed E-state index contributed by atoms with van der Waals surface area (Å²) in [6.07, 6.45) is 1.34. The highest BCUT2D eigenvalue weighted by molar-refractivity contribution is 6.03. The quantitative estimate of drug-likeness (QED) is 0.497. The molecule has 1 aromatic rings. The van der Waals surface area contributed by atoms with E-state index in [0.717, 1.165) is 11.3 Å². The van der Waals surface area contributed by atoms with Gasteiger partial charge in [-0.25, -0.2) is 0 Å². The Kier molecular flexibility index (Phi) is 8.15. The Morgan fingerprint density at radius 1 is 1.23 bits per heavy atom. The molecule has 7 nitrogen and oxygen atoms in total.